The van der Waals surface area contributed by atoms with Crippen molar-refractivity contribution in [3.63, 3.8) is 0 Å². The van der Waals surface area contributed by atoms with Gasteiger partial charge in [0.25, 0.3) is 0 Å². The molecule has 0 atom stereocenters. The number of hydrogen-bond acceptors (Lipinski definition) is 2. The molecular formula is C28H26O2. The zero-order valence-electron chi connectivity index (χ0n) is 17.5. The molecule has 4 rings (SSSR count). The largest absolute Gasteiger partial charge is 0.494 e. The van der Waals surface area contributed by atoms with Crippen molar-refractivity contribution in [2.45, 2.75) is 13.8 Å². The summed E-state index contributed by atoms with van der Waals surface area (Å²) in [4.78, 5) is 0. The lowest BCUT2D eigenvalue weighted by molar-refractivity contribution is 0.340. The molecule has 0 saturated heterocycles. The van der Waals surface area contributed by atoms with Gasteiger partial charge in [0.2, 0.25) is 0 Å². The first-order valence-electron chi connectivity index (χ1n) is 10.4. The van der Waals surface area contributed by atoms with Crippen LogP contribution in [0.5, 0.6) is 11.5 Å². The van der Waals surface area contributed by atoms with Gasteiger partial charge in [0.15, 0.2) is 0 Å². The van der Waals surface area contributed by atoms with Crippen LogP contribution in [0.25, 0.3) is 33.4 Å². The summed E-state index contributed by atoms with van der Waals surface area (Å²) < 4.78 is 11.3. The van der Waals surface area contributed by atoms with Crippen molar-refractivity contribution >= 4 is 0 Å². The van der Waals surface area contributed by atoms with Gasteiger partial charge in [0, 0.05) is 0 Å². The van der Waals surface area contributed by atoms with Gasteiger partial charge in [-0.05, 0) is 71.5 Å². The van der Waals surface area contributed by atoms with Gasteiger partial charge < -0.3 is 9.47 Å². The van der Waals surface area contributed by atoms with Crippen molar-refractivity contribution in [3.05, 3.63) is 97.1 Å². The van der Waals surface area contributed by atoms with Crippen LogP contribution in [-0.4, -0.2) is 13.2 Å². The Kier molecular flexibility index (Phi) is 6.14. The minimum Gasteiger partial charge on any atom is -0.494 e. The lowest BCUT2D eigenvalue weighted by Crippen LogP contribution is -1.93. The Hall–Kier alpha value is -3.52. The Balaban J connectivity index is 1.87. The first-order chi connectivity index (χ1) is 14.8. The molecule has 30 heavy (non-hydrogen) atoms. The molecule has 0 aliphatic carbocycles. The summed E-state index contributed by atoms with van der Waals surface area (Å²) in [5.41, 5.74) is 7.17. The van der Waals surface area contributed by atoms with Gasteiger partial charge in [-0.3, -0.25) is 0 Å². The van der Waals surface area contributed by atoms with Crippen molar-refractivity contribution in [2.75, 3.05) is 13.2 Å². The van der Waals surface area contributed by atoms with Gasteiger partial charge >= 0.3 is 0 Å². The monoisotopic (exact) mass is 394 g/mol. The minimum atomic E-state index is 0.664. The lowest BCUT2D eigenvalue weighted by Gasteiger charge is -2.17. The molecule has 0 spiro atoms. The van der Waals surface area contributed by atoms with Gasteiger partial charge in [0.05, 0.1) is 13.2 Å². The molecule has 4 aromatic carbocycles. The number of hydrogen-bond donors (Lipinski definition) is 0. The summed E-state index contributed by atoms with van der Waals surface area (Å²) >= 11 is 0. The Morgan fingerprint density at radius 1 is 0.467 bits per heavy atom. The molecular weight excluding hydrogens is 368 g/mol. The average Bonchev–Trinajstić information content (AvgIpc) is 2.81. The maximum atomic E-state index is 5.65. The highest BCUT2D eigenvalue weighted by Crippen LogP contribution is 2.40. The standard InChI is InChI=1S/C28H26O2/c1-3-29-24-17-13-22(14-18-24)27-12-8-11-26(21-9-6-5-7-10-21)28(27)23-15-19-25(20-16-23)30-4-2/h5-20H,3-4H2,1-2H3. The molecule has 0 aromatic heterocycles. The van der Waals surface area contributed by atoms with E-state index in [0.717, 1.165) is 11.5 Å². The molecule has 0 N–H and O–H groups in total. The second-order valence-corrected chi connectivity index (χ2v) is 7.01. The quantitative estimate of drug-likeness (QED) is 0.323. The highest BCUT2D eigenvalue weighted by atomic mass is 16.5. The molecule has 0 heterocycles. The van der Waals surface area contributed by atoms with Gasteiger partial charge in [0.1, 0.15) is 11.5 Å². The number of benzene rings is 4. The van der Waals surface area contributed by atoms with E-state index >= 15 is 0 Å². The first kappa shape index (κ1) is 19.8. The number of ether oxygens (including phenoxy) is 2. The van der Waals surface area contributed by atoms with Crippen LogP contribution in [0.1, 0.15) is 13.8 Å². The normalized spacial score (nSPS) is 10.6. The van der Waals surface area contributed by atoms with Crippen molar-refractivity contribution in [1.29, 1.82) is 0 Å². The van der Waals surface area contributed by atoms with Crippen molar-refractivity contribution in [1.82, 2.24) is 0 Å². The SMILES string of the molecule is CCOc1ccc(-c2cccc(-c3ccccc3)c2-c2ccc(OCC)cc2)cc1. The fraction of sp³-hybridized carbons (Fsp3) is 0.143. The van der Waals surface area contributed by atoms with E-state index in [1.54, 1.807) is 0 Å². The molecule has 0 fully saturated rings. The third kappa shape index (κ3) is 4.23. The Bertz CT molecular complexity index is 1080. The molecule has 0 aliphatic rings. The van der Waals surface area contributed by atoms with Crippen LogP contribution in [-0.2, 0) is 0 Å². The summed E-state index contributed by atoms with van der Waals surface area (Å²) in [5, 5.41) is 0. The van der Waals surface area contributed by atoms with Crippen LogP contribution in [0.3, 0.4) is 0 Å². The highest BCUT2D eigenvalue weighted by Gasteiger charge is 2.14. The second kappa shape index (κ2) is 9.32. The predicted molar refractivity (Wildman–Crippen MR) is 125 cm³/mol. The predicted octanol–water partition coefficient (Wildman–Crippen LogP) is 7.49. The van der Waals surface area contributed by atoms with Crippen LogP contribution >= 0.6 is 0 Å². The summed E-state index contributed by atoms with van der Waals surface area (Å²) in [6.07, 6.45) is 0. The highest BCUT2D eigenvalue weighted by molar-refractivity contribution is 5.94. The van der Waals surface area contributed by atoms with E-state index in [0.29, 0.717) is 13.2 Å². The number of rotatable bonds is 7. The van der Waals surface area contributed by atoms with Crippen molar-refractivity contribution in [3.8, 4) is 44.9 Å². The van der Waals surface area contributed by atoms with Crippen molar-refractivity contribution < 1.29 is 9.47 Å². The molecule has 0 amide bonds. The first-order valence-corrected chi connectivity index (χ1v) is 10.4. The van der Waals surface area contributed by atoms with Crippen LogP contribution in [0.15, 0.2) is 97.1 Å². The molecule has 2 nitrogen and oxygen atoms in total. The molecule has 0 saturated carbocycles. The van der Waals surface area contributed by atoms with Crippen LogP contribution in [0.2, 0.25) is 0 Å². The molecule has 4 aromatic rings. The van der Waals surface area contributed by atoms with Crippen LogP contribution in [0.4, 0.5) is 0 Å². The maximum Gasteiger partial charge on any atom is 0.119 e. The lowest BCUT2D eigenvalue weighted by atomic mass is 9.87. The maximum absolute atomic E-state index is 5.65. The topological polar surface area (TPSA) is 18.5 Å². The third-order valence-corrected chi connectivity index (χ3v) is 5.08. The summed E-state index contributed by atoms with van der Waals surface area (Å²) in [5.74, 6) is 1.78. The molecule has 0 bridgehead atoms. The molecule has 2 heteroatoms. The van der Waals surface area contributed by atoms with Crippen LogP contribution < -0.4 is 9.47 Å². The molecule has 0 aliphatic heterocycles. The summed E-state index contributed by atoms with van der Waals surface area (Å²) in [6.45, 7) is 5.33. The molecule has 150 valence electrons. The Morgan fingerprint density at radius 2 is 0.933 bits per heavy atom. The summed E-state index contributed by atoms with van der Waals surface area (Å²) in [7, 11) is 0. The molecule has 0 unspecified atom stereocenters. The van der Waals surface area contributed by atoms with Gasteiger partial charge in [-0.1, -0.05) is 72.8 Å². The van der Waals surface area contributed by atoms with E-state index in [9.17, 15) is 0 Å². The fourth-order valence-electron chi connectivity index (χ4n) is 3.74. The van der Waals surface area contributed by atoms with Crippen LogP contribution in [0, 0.1) is 0 Å². The smallest absolute Gasteiger partial charge is 0.119 e. The van der Waals surface area contributed by atoms with Gasteiger partial charge in [-0.2, -0.15) is 0 Å². The minimum absolute atomic E-state index is 0.664. The van der Waals surface area contributed by atoms with E-state index in [2.05, 4.69) is 72.8 Å². The van der Waals surface area contributed by atoms with E-state index in [1.165, 1.54) is 33.4 Å². The van der Waals surface area contributed by atoms with E-state index in [1.807, 2.05) is 38.1 Å². The second-order valence-electron chi connectivity index (χ2n) is 7.01. The Morgan fingerprint density at radius 3 is 1.43 bits per heavy atom. The zero-order chi connectivity index (χ0) is 20.8. The van der Waals surface area contributed by atoms with E-state index < -0.39 is 0 Å². The fourth-order valence-corrected chi connectivity index (χ4v) is 3.74. The van der Waals surface area contributed by atoms with E-state index in [-0.39, 0.29) is 0 Å². The van der Waals surface area contributed by atoms with Gasteiger partial charge in [-0.25, -0.2) is 0 Å². The molecule has 0 radical (unpaired) electrons. The van der Waals surface area contributed by atoms with Crippen molar-refractivity contribution in [2.24, 2.45) is 0 Å². The zero-order valence-corrected chi connectivity index (χ0v) is 17.5. The summed E-state index contributed by atoms with van der Waals surface area (Å²) in [6, 6.07) is 33.8. The van der Waals surface area contributed by atoms with E-state index in [4.69, 9.17) is 9.47 Å². The average molecular weight is 395 g/mol. The third-order valence-electron chi connectivity index (χ3n) is 5.08. The Labute approximate surface area is 178 Å². The van der Waals surface area contributed by atoms with Gasteiger partial charge in [-0.15, -0.1) is 0 Å².